The van der Waals surface area contributed by atoms with Gasteiger partial charge in [0.1, 0.15) is 18.2 Å². The van der Waals surface area contributed by atoms with Gasteiger partial charge in [0.05, 0.1) is 0 Å². The molecule has 1 aromatic rings. The number of halogens is 1. The van der Waals surface area contributed by atoms with Gasteiger partial charge < -0.3 is 9.84 Å². The molecule has 0 aliphatic heterocycles. The van der Waals surface area contributed by atoms with E-state index in [0.717, 1.165) is 6.08 Å². The molecule has 0 radical (unpaired) electrons. The number of benzene rings is 1. The lowest BCUT2D eigenvalue weighted by Gasteiger charge is -2.01. The highest BCUT2D eigenvalue weighted by Crippen LogP contribution is 2.10. The van der Waals surface area contributed by atoms with Crippen LogP contribution in [0.3, 0.4) is 0 Å². The Morgan fingerprint density at radius 1 is 1.43 bits per heavy atom. The van der Waals surface area contributed by atoms with Gasteiger partial charge >= 0.3 is 5.97 Å². The summed E-state index contributed by atoms with van der Waals surface area (Å²) in [5.41, 5.74) is 0. The van der Waals surface area contributed by atoms with E-state index in [1.165, 1.54) is 30.3 Å². The van der Waals surface area contributed by atoms with Crippen molar-refractivity contribution in [2.24, 2.45) is 0 Å². The first-order chi connectivity index (χ1) is 6.68. The first kappa shape index (κ1) is 10.2. The Morgan fingerprint density at radius 2 is 2.07 bits per heavy atom. The third kappa shape index (κ3) is 3.71. The monoisotopic (exact) mass is 196 g/mol. The molecule has 0 bridgehead atoms. The molecule has 0 amide bonds. The maximum Gasteiger partial charge on any atom is 0.328 e. The Labute approximate surface area is 80.4 Å². The lowest BCUT2D eigenvalue weighted by atomic mass is 10.3. The van der Waals surface area contributed by atoms with Gasteiger partial charge in [-0.1, -0.05) is 0 Å². The van der Waals surface area contributed by atoms with Crippen LogP contribution < -0.4 is 4.74 Å². The molecule has 0 heterocycles. The number of carboxylic acid groups (broad SMARTS) is 1. The van der Waals surface area contributed by atoms with Crippen molar-refractivity contribution in [2.45, 2.75) is 0 Å². The molecule has 74 valence electrons. The van der Waals surface area contributed by atoms with Crippen molar-refractivity contribution in [2.75, 3.05) is 6.61 Å². The minimum Gasteiger partial charge on any atom is -0.490 e. The van der Waals surface area contributed by atoms with Crippen molar-refractivity contribution in [1.82, 2.24) is 0 Å². The van der Waals surface area contributed by atoms with Gasteiger partial charge in [0.25, 0.3) is 0 Å². The molecule has 0 saturated heterocycles. The predicted molar refractivity (Wildman–Crippen MR) is 48.7 cm³/mol. The van der Waals surface area contributed by atoms with Crippen molar-refractivity contribution >= 4 is 5.97 Å². The second-order valence-corrected chi connectivity index (χ2v) is 2.51. The summed E-state index contributed by atoms with van der Waals surface area (Å²) in [5, 5.41) is 8.26. The SMILES string of the molecule is O=C(O)/C=C/COc1ccc(F)cc1. The normalized spacial score (nSPS) is 10.4. The van der Waals surface area contributed by atoms with Crippen molar-refractivity contribution < 1.29 is 19.0 Å². The van der Waals surface area contributed by atoms with Crippen LogP contribution in [0.15, 0.2) is 36.4 Å². The highest BCUT2D eigenvalue weighted by atomic mass is 19.1. The predicted octanol–water partition coefficient (Wildman–Crippen LogP) is 1.85. The Hall–Kier alpha value is -1.84. The number of ether oxygens (including phenoxy) is 1. The van der Waals surface area contributed by atoms with E-state index in [0.29, 0.717) is 5.75 Å². The molecule has 0 atom stereocenters. The second-order valence-electron chi connectivity index (χ2n) is 2.51. The molecule has 1 rings (SSSR count). The summed E-state index contributed by atoms with van der Waals surface area (Å²) in [6.45, 7) is 0.151. The highest BCUT2D eigenvalue weighted by molar-refractivity contribution is 5.79. The number of carbonyl (C=O) groups is 1. The van der Waals surface area contributed by atoms with Gasteiger partial charge in [-0.15, -0.1) is 0 Å². The van der Waals surface area contributed by atoms with Crippen LogP contribution in [-0.4, -0.2) is 17.7 Å². The molecule has 0 aliphatic carbocycles. The zero-order valence-corrected chi connectivity index (χ0v) is 7.31. The molecule has 0 aliphatic rings. The molecular formula is C10H9FO3. The average Bonchev–Trinajstić information content (AvgIpc) is 2.15. The van der Waals surface area contributed by atoms with E-state index in [-0.39, 0.29) is 12.4 Å². The maximum absolute atomic E-state index is 12.4. The summed E-state index contributed by atoms with van der Waals surface area (Å²) in [6, 6.07) is 5.50. The van der Waals surface area contributed by atoms with Crippen molar-refractivity contribution in [3.63, 3.8) is 0 Å². The molecule has 0 aromatic heterocycles. The van der Waals surface area contributed by atoms with Crippen molar-refractivity contribution in [1.29, 1.82) is 0 Å². The Balaban J connectivity index is 2.39. The topological polar surface area (TPSA) is 46.5 Å². The van der Waals surface area contributed by atoms with Crippen LogP contribution in [0.25, 0.3) is 0 Å². The molecule has 1 aromatic carbocycles. The van der Waals surface area contributed by atoms with E-state index in [2.05, 4.69) is 0 Å². The van der Waals surface area contributed by atoms with Gasteiger partial charge in [-0.3, -0.25) is 0 Å². The first-order valence-corrected chi connectivity index (χ1v) is 3.96. The van der Waals surface area contributed by atoms with Crippen LogP contribution in [0.2, 0.25) is 0 Å². The highest BCUT2D eigenvalue weighted by Gasteiger charge is 1.92. The number of hydrogen-bond donors (Lipinski definition) is 1. The molecule has 0 saturated carbocycles. The van der Waals surface area contributed by atoms with Gasteiger partial charge in [0.15, 0.2) is 0 Å². The van der Waals surface area contributed by atoms with Crippen LogP contribution in [0, 0.1) is 5.82 Å². The summed E-state index contributed by atoms with van der Waals surface area (Å²) in [4.78, 5) is 10.1. The minimum absolute atomic E-state index is 0.151. The summed E-state index contributed by atoms with van der Waals surface area (Å²) in [6.07, 6.45) is 2.36. The van der Waals surface area contributed by atoms with Gasteiger partial charge in [0.2, 0.25) is 0 Å². The fourth-order valence-electron chi connectivity index (χ4n) is 0.824. The smallest absolute Gasteiger partial charge is 0.328 e. The third-order valence-corrected chi connectivity index (χ3v) is 1.42. The number of aliphatic carboxylic acids is 1. The summed E-state index contributed by atoms with van der Waals surface area (Å²) in [5.74, 6) is -0.854. The summed E-state index contributed by atoms with van der Waals surface area (Å²) < 4.78 is 17.5. The molecule has 0 spiro atoms. The quantitative estimate of drug-likeness (QED) is 0.747. The molecule has 14 heavy (non-hydrogen) atoms. The van der Waals surface area contributed by atoms with E-state index in [1.54, 1.807) is 0 Å². The van der Waals surface area contributed by atoms with E-state index in [1.807, 2.05) is 0 Å². The minimum atomic E-state index is -1.02. The molecule has 1 N–H and O–H groups in total. The molecule has 0 fully saturated rings. The van der Waals surface area contributed by atoms with E-state index in [9.17, 15) is 9.18 Å². The average molecular weight is 196 g/mol. The molecular weight excluding hydrogens is 187 g/mol. The standard InChI is InChI=1S/C10H9FO3/c11-8-3-5-9(6-4-8)14-7-1-2-10(12)13/h1-6H,7H2,(H,12,13)/b2-1+. The van der Waals surface area contributed by atoms with Gasteiger partial charge in [-0.2, -0.15) is 0 Å². The fourth-order valence-corrected chi connectivity index (χ4v) is 0.824. The van der Waals surface area contributed by atoms with Crippen LogP contribution in [0.5, 0.6) is 5.75 Å². The van der Waals surface area contributed by atoms with Crippen LogP contribution in [0.4, 0.5) is 4.39 Å². The molecule has 3 nitrogen and oxygen atoms in total. The summed E-state index contributed by atoms with van der Waals surface area (Å²) in [7, 11) is 0. The number of hydrogen-bond acceptors (Lipinski definition) is 2. The van der Waals surface area contributed by atoms with E-state index >= 15 is 0 Å². The van der Waals surface area contributed by atoms with E-state index in [4.69, 9.17) is 9.84 Å². The van der Waals surface area contributed by atoms with Crippen LogP contribution in [0.1, 0.15) is 0 Å². The van der Waals surface area contributed by atoms with Gasteiger partial charge in [-0.25, -0.2) is 9.18 Å². The van der Waals surface area contributed by atoms with Gasteiger partial charge in [0, 0.05) is 6.08 Å². The fraction of sp³-hybridized carbons (Fsp3) is 0.100. The zero-order valence-electron chi connectivity index (χ0n) is 7.31. The third-order valence-electron chi connectivity index (χ3n) is 1.42. The lowest BCUT2D eigenvalue weighted by Crippen LogP contribution is -1.95. The number of carboxylic acids is 1. The van der Waals surface area contributed by atoms with Gasteiger partial charge in [-0.05, 0) is 30.3 Å². The zero-order chi connectivity index (χ0) is 10.4. The molecule has 4 heteroatoms. The van der Waals surface area contributed by atoms with E-state index < -0.39 is 5.97 Å². The van der Waals surface area contributed by atoms with Crippen LogP contribution in [-0.2, 0) is 4.79 Å². The largest absolute Gasteiger partial charge is 0.490 e. The Morgan fingerprint density at radius 3 is 2.64 bits per heavy atom. The van der Waals surface area contributed by atoms with Crippen molar-refractivity contribution in [3.8, 4) is 5.75 Å². The first-order valence-electron chi connectivity index (χ1n) is 3.96. The second kappa shape index (κ2) is 5.01. The maximum atomic E-state index is 12.4. The van der Waals surface area contributed by atoms with Crippen molar-refractivity contribution in [3.05, 3.63) is 42.2 Å². The number of rotatable bonds is 4. The van der Waals surface area contributed by atoms with Crippen LogP contribution >= 0.6 is 0 Å². The summed E-state index contributed by atoms with van der Waals surface area (Å²) >= 11 is 0. The Kier molecular flexibility index (Phi) is 3.67. The Bertz CT molecular complexity index is 330. The molecule has 0 unspecified atom stereocenters. The lowest BCUT2D eigenvalue weighted by molar-refractivity contribution is -0.131.